The lowest BCUT2D eigenvalue weighted by Gasteiger charge is -2.10. The largest absolute Gasteiger partial charge is 0.507 e. The maximum absolute atomic E-state index is 12.5. The molecule has 1 aromatic rings. The molecule has 4 heteroatoms. The van der Waals surface area contributed by atoms with Crippen LogP contribution in [0.1, 0.15) is 82.3 Å². The molecule has 0 aliphatic heterocycles. The summed E-state index contributed by atoms with van der Waals surface area (Å²) in [5, 5.41) is 10.2. The van der Waals surface area contributed by atoms with E-state index in [0.717, 1.165) is 31.3 Å². The monoisotopic (exact) mass is 358 g/mol. The van der Waals surface area contributed by atoms with Crippen molar-refractivity contribution in [3.8, 4) is 5.75 Å². The topological polar surface area (TPSA) is 67.5 Å². The molecule has 142 valence electrons. The highest BCUT2D eigenvalue weighted by atomic mass is 16.4. The minimum atomic E-state index is -0.787. The fraction of sp³-hybridized carbons (Fsp3) is 0.455. The van der Waals surface area contributed by atoms with Gasteiger partial charge >= 0.3 is 5.63 Å². The molecule has 0 saturated carbocycles. The molecule has 1 atom stereocenters. The summed E-state index contributed by atoms with van der Waals surface area (Å²) in [6.45, 7) is 9.59. The van der Waals surface area contributed by atoms with Crippen molar-refractivity contribution < 1.29 is 14.3 Å². The zero-order valence-electron chi connectivity index (χ0n) is 16.5. The molecule has 0 amide bonds. The lowest BCUT2D eigenvalue weighted by molar-refractivity contribution is 0.102. The van der Waals surface area contributed by atoms with Crippen molar-refractivity contribution in [2.75, 3.05) is 0 Å². The van der Waals surface area contributed by atoms with Gasteiger partial charge in [0.1, 0.15) is 17.1 Å². The number of hydrogen-bond acceptors (Lipinski definition) is 4. The molecule has 0 spiro atoms. The van der Waals surface area contributed by atoms with Gasteiger partial charge in [0.2, 0.25) is 0 Å². The second-order valence-corrected chi connectivity index (χ2v) is 6.69. The molecule has 1 rings (SSSR count). The third kappa shape index (κ3) is 6.17. The first-order valence-corrected chi connectivity index (χ1v) is 9.18. The summed E-state index contributed by atoms with van der Waals surface area (Å²) in [6.07, 6.45) is 11.2. The van der Waals surface area contributed by atoms with Crippen molar-refractivity contribution in [1.82, 2.24) is 0 Å². The van der Waals surface area contributed by atoms with Gasteiger partial charge in [-0.15, -0.1) is 0 Å². The normalized spacial score (nSPS) is 14.0. The molecule has 1 aromatic heterocycles. The van der Waals surface area contributed by atoms with E-state index < -0.39 is 11.4 Å². The molecule has 0 aliphatic rings. The van der Waals surface area contributed by atoms with Crippen molar-refractivity contribution >= 4 is 5.78 Å². The van der Waals surface area contributed by atoms with Gasteiger partial charge in [-0.3, -0.25) is 4.79 Å². The summed E-state index contributed by atoms with van der Waals surface area (Å²) in [7, 11) is 0. The number of hydrogen-bond donors (Lipinski definition) is 1. The van der Waals surface area contributed by atoms with Crippen LogP contribution in [0.4, 0.5) is 0 Å². The van der Waals surface area contributed by atoms with Crippen LogP contribution in [0.15, 0.2) is 50.7 Å². The molecule has 0 aromatic carbocycles. The fourth-order valence-corrected chi connectivity index (χ4v) is 2.62. The van der Waals surface area contributed by atoms with E-state index in [1.807, 2.05) is 39.0 Å². The Morgan fingerprint density at radius 3 is 2.58 bits per heavy atom. The zero-order chi connectivity index (χ0) is 19.7. The molecular weight excluding hydrogens is 328 g/mol. The van der Waals surface area contributed by atoms with Gasteiger partial charge in [-0.25, -0.2) is 4.79 Å². The van der Waals surface area contributed by atoms with E-state index in [4.69, 9.17) is 4.42 Å². The molecular formula is C22H30O4. The smallest absolute Gasteiger partial charge is 0.351 e. The maximum Gasteiger partial charge on any atom is 0.351 e. The number of aromatic hydroxyl groups is 1. The SMILES string of the molecule is C/C=C/CCC(C)c1cc(O)c(C(=O)/C(C)=C/C=C(\C)CCC)c(=O)o1. The van der Waals surface area contributed by atoms with Crippen molar-refractivity contribution in [3.05, 3.63) is 63.3 Å². The van der Waals surface area contributed by atoms with Gasteiger partial charge in [-0.1, -0.05) is 50.1 Å². The van der Waals surface area contributed by atoms with Gasteiger partial charge in [0.25, 0.3) is 0 Å². The first kappa shape index (κ1) is 21.7. The Bertz CT molecular complexity index is 763. The predicted octanol–water partition coefficient (Wildman–Crippen LogP) is 5.68. The molecule has 1 unspecified atom stereocenters. The molecule has 0 fully saturated rings. The highest BCUT2D eigenvalue weighted by Crippen LogP contribution is 2.26. The summed E-state index contributed by atoms with van der Waals surface area (Å²) in [6, 6.07) is 1.39. The van der Waals surface area contributed by atoms with Crippen molar-refractivity contribution in [3.63, 3.8) is 0 Å². The van der Waals surface area contributed by atoms with Gasteiger partial charge in [0.05, 0.1) is 0 Å². The second kappa shape index (κ2) is 10.6. The Morgan fingerprint density at radius 2 is 2.00 bits per heavy atom. The summed E-state index contributed by atoms with van der Waals surface area (Å²) in [5.74, 6) is -0.454. The van der Waals surface area contributed by atoms with E-state index in [2.05, 4.69) is 6.92 Å². The molecule has 4 nitrogen and oxygen atoms in total. The van der Waals surface area contributed by atoms with Crippen LogP contribution in [-0.2, 0) is 0 Å². The Kier molecular flexibility index (Phi) is 8.83. The van der Waals surface area contributed by atoms with E-state index in [1.165, 1.54) is 6.07 Å². The van der Waals surface area contributed by atoms with Gasteiger partial charge in [0, 0.05) is 12.0 Å². The summed E-state index contributed by atoms with van der Waals surface area (Å²) >= 11 is 0. The first-order valence-electron chi connectivity index (χ1n) is 9.18. The van der Waals surface area contributed by atoms with Crippen molar-refractivity contribution in [2.45, 2.75) is 66.2 Å². The summed E-state index contributed by atoms with van der Waals surface area (Å²) < 4.78 is 5.31. The van der Waals surface area contributed by atoms with Crippen molar-refractivity contribution in [2.24, 2.45) is 0 Å². The minimum absolute atomic E-state index is 0.0229. The van der Waals surface area contributed by atoms with Gasteiger partial charge < -0.3 is 9.52 Å². The average Bonchev–Trinajstić information content (AvgIpc) is 2.59. The van der Waals surface area contributed by atoms with Crippen LogP contribution in [0.3, 0.4) is 0 Å². The molecule has 0 saturated heterocycles. The van der Waals surface area contributed by atoms with Crippen LogP contribution in [-0.4, -0.2) is 10.9 Å². The summed E-state index contributed by atoms with van der Waals surface area (Å²) in [5.41, 5.74) is 0.452. The lowest BCUT2D eigenvalue weighted by atomic mass is 9.99. The lowest BCUT2D eigenvalue weighted by Crippen LogP contribution is -2.16. The Morgan fingerprint density at radius 1 is 1.31 bits per heavy atom. The van der Waals surface area contributed by atoms with Crippen LogP contribution in [0, 0.1) is 0 Å². The Hall–Kier alpha value is -2.36. The molecule has 1 N–H and O–H groups in total. The number of Topliss-reactive ketones (excluding diaryl/α,β-unsaturated/α-hetero) is 1. The molecule has 26 heavy (non-hydrogen) atoms. The fourth-order valence-electron chi connectivity index (χ4n) is 2.62. The number of ketones is 1. The zero-order valence-corrected chi connectivity index (χ0v) is 16.5. The second-order valence-electron chi connectivity index (χ2n) is 6.69. The van der Waals surface area contributed by atoms with E-state index in [9.17, 15) is 14.7 Å². The average molecular weight is 358 g/mol. The molecule has 0 bridgehead atoms. The highest BCUT2D eigenvalue weighted by Gasteiger charge is 2.21. The Labute approximate surface area is 155 Å². The van der Waals surface area contributed by atoms with Crippen LogP contribution < -0.4 is 5.63 Å². The minimum Gasteiger partial charge on any atom is -0.507 e. The molecule has 1 heterocycles. The predicted molar refractivity (Wildman–Crippen MR) is 106 cm³/mol. The number of rotatable bonds is 9. The van der Waals surface area contributed by atoms with Gasteiger partial charge in [-0.2, -0.15) is 0 Å². The first-order chi connectivity index (χ1) is 12.3. The van der Waals surface area contributed by atoms with Crippen LogP contribution >= 0.6 is 0 Å². The van der Waals surface area contributed by atoms with E-state index in [0.29, 0.717) is 11.3 Å². The highest BCUT2D eigenvalue weighted by molar-refractivity contribution is 6.09. The molecule has 0 radical (unpaired) electrons. The standard InChI is InChI=1S/C22H30O4/c1-6-8-9-11-16(4)19-14-18(23)20(22(25)26-19)21(24)17(5)13-12-15(3)10-7-2/h6,8,12-14,16,23H,7,9-11H2,1-5H3/b8-6+,15-12+,17-13+. The number of carbonyl (C=O) groups excluding carboxylic acids is 1. The van der Waals surface area contributed by atoms with Gasteiger partial charge in [0.15, 0.2) is 5.78 Å². The Balaban J connectivity index is 3.07. The maximum atomic E-state index is 12.5. The third-order valence-corrected chi connectivity index (χ3v) is 4.28. The van der Waals surface area contributed by atoms with Gasteiger partial charge in [-0.05, 0) is 45.6 Å². The molecule has 0 aliphatic carbocycles. The van der Waals surface area contributed by atoms with Crippen molar-refractivity contribution in [1.29, 1.82) is 0 Å². The number of allylic oxidation sites excluding steroid dienone is 6. The van der Waals surface area contributed by atoms with E-state index in [-0.39, 0.29) is 17.2 Å². The van der Waals surface area contributed by atoms with E-state index in [1.54, 1.807) is 13.0 Å². The van der Waals surface area contributed by atoms with E-state index >= 15 is 0 Å². The number of carbonyl (C=O) groups is 1. The quantitative estimate of drug-likeness (QED) is 0.267. The summed E-state index contributed by atoms with van der Waals surface area (Å²) in [4.78, 5) is 24.8. The van der Waals surface area contributed by atoms with Crippen LogP contribution in [0.25, 0.3) is 0 Å². The third-order valence-electron chi connectivity index (χ3n) is 4.28. The van der Waals surface area contributed by atoms with Crippen LogP contribution in [0.5, 0.6) is 5.75 Å². The van der Waals surface area contributed by atoms with Crippen LogP contribution in [0.2, 0.25) is 0 Å².